The smallest absolute Gasteiger partial charge is 0.164 e. The van der Waals surface area contributed by atoms with E-state index in [1.165, 1.54) is 35.6 Å². The van der Waals surface area contributed by atoms with Gasteiger partial charge < -0.3 is 0 Å². The average molecular weight is 308 g/mol. The number of nitrogens with one attached hydrogen (secondary N) is 1. The van der Waals surface area contributed by atoms with Gasteiger partial charge in [0.2, 0.25) is 0 Å². The summed E-state index contributed by atoms with van der Waals surface area (Å²) >= 11 is 1.35. The van der Waals surface area contributed by atoms with Crippen molar-refractivity contribution in [1.29, 1.82) is 0 Å². The van der Waals surface area contributed by atoms with E-state index in [9.17, 15) is 13.2 Å². The predicted molar refractivity (Wildman–Crippen MR) is 77.3 cm³/mol. The molecule has 3 rings (SSSR count). The van der Waals surface area contributed by atoms with Gasteiger partial charge in [-0.1, -0.05) is 12.1 Å². The highest BCUT2D eigenvalue weighted by Crippen LogP contribution is 2.34. The lowest BCUT2D eigenvalue weighted by atomic mass is 10.0. The Bertz CT molecular complexity index is 801. The zero-order valence-electron chi connectivity index (χ0n) is 10.7. The molecule has 1 aromatic heterocycles. The van der Waals surface area contributed by atoms with Gasteiger partial charge in [0.1, 0.15) is 5.82 Å². The van der Waals surface area contributed by atoms with Crippen molar-refractivity contribution in [2.24, 2.45) is 5.84 Å². The third-order valence-electron chi connectivity index (χ3n) is 3.24. The molecule has 0 bridgehead atoms. The summed E-state index contributed by atoms with van der Waals surface area (Å²) in [7, 11) is 0. The second-order valence-corrected chi connectivity index (χ2v) is 5.69. The van der Waals surface area contributed by atoms with Crippen LogP contribution < -0.4 is 11.3 Å². The van der Waals surface area contributed by atoms with E-state index in [4.69, 9.17) is 5.84 Å². The number of thiophene rings is 1. The van der Waals surface area contributed by atoms with Crippen molar-refractivity contribution >= 4 is 21.4 Å². The summed E-state index contributed by atoms with van der Waals surface area (Å²) in [6.07, 6.45) is 0. The lowest BCUT2D eigenvalue weighted by Gasteiger charge is -2.15. The summed E-state index contributed by atoms with van der Waals surface area (Å²) in [6, 6.07) is 9.36. The largest absolute Gasteiger partial charge is 0.271 e. The zero-order chi connectivity index (χ0) is 15.0. The molecule has 1 unspecified atom stereocenters. The molecule has 108 valence electrons. The number of rotatable bonds is 3. The first-order valence-electron chi connectivity index (χ1n) is 6.19. The first-order valence-corrected chi connectivity index (χ1v) is 7.01. The minimum Gasteiger partial charge on any atom is -0.271 e. The monoisotopic (exact) mass is 308 g/mol. The topological polar surface area (TPSA) is 38.0 Å². The lowest BCUT2D eigenvalue weighted by molar-refractivity contribution is 0.484. The van der Waals surface area contributed by atoms with Gasteiger partial charge in [-0.2, -0.15) is 0 Å². The van der Waals surface area contributed by atoms with E-state index in [1.54, 1.807) is 12.1 Å². The molecule has 0 saturated carbocycles. The molecule has 0 aliphatic carbocycles. The van der Waals surface area contributed by atoms with Crippen molar-refractivity contribution in [2.45, 2.75) is 6.04 Å². The number of hydrogen-bond donors (Lipinski definition) is 2. The van der Waals surface area contributed by atoms with E-state index in [-0.39, 0.29) is 11.4 Å². The molecule has 0 fully saturated rings. The number of nitrogens with two attached hydrogens (primary N) is 1. The summed E-state index contributed by atoms with van der Waals surface area (Å²) in [6.45, 7) is 0. The third-order valence-corrected chi connectivity index (χ3v) is 4.42. The number of hydrogen-bond acceptors (Lipinski definition) is 3. The van der Waals surface area contributed by atoms with Crippen LogP contribution in [0.15, 0.2) is 42.5 Å². The Balaban J connectivity index is 2.11. The van der Waals surface area contributed by atoms with Crippen LogP contribution in [0, 0.1) is 17.5 Å². The first-order chi connectivity index (χ1) is 10.1. The molecular formula is C15H11F3N2S. The van der Waals surface area contributed by atoms with Gasteiger partial charge in [0.05, 0.1) is 6.04 Å². The van der Waals surface area contributed by atoms with Crippen molar-refractivity contribution in [1.82, 2.24) is 5.43 Å². The predicted octanol–water partition coefficient (Wildman–Crippen LogP) is 3.87. The van der Waals surface area contributed by atoms with Crippen LogP contribution in [-0.4, -0.2) is 0 Å². The van der Waals surface area contributed by atoms with Crippen molar-refractivity contribution in [3.63, 3.8) is 0 Å². The summed E-state index contributed by atoms with van der Waals surface area (Å²) < 4.78 is 41.4. The molecule has 0 spiro atoms. The average Bonchev–Trinajstić information content (AvgIpc) is 2.87. The molecule has 6 heteroatoms. The Hall–Kier alpha value is -1.89. The number of hydrazine groups is 1. The molecule has 3 N–H and O–H groups in total. The Morgan fingerprint density at radius 2 is 1.86 bits per heavy atom. The standard InChI is InChI=1S/C15H11F3N2S/c16-9-4-5-12-8(6-9)7-13(21-12)15(20-19)10-2-1-3-11(17)14(10)18/h1-7,15,20H,19H2. The van der Waals surface area contributed by atoms with Crippen molar-refractivity contribution in [2.75, 3.05) is 0 Å². The molecule has 2 aromatic carbocycles. The van der Waals surface area contributed by atoms with E-state index in [1.807, 2.05) is 0 Å². The van der Waals surface area contributed by atoms with Gasteiger partial charge in [-0.15, -0.1) is 11.3 Å². The minimum atomic E-state index is -0.941. The van der Waals surface area contributed by atoms with Gasteiger partial charge >= 0.3 is 0 Å². The highest BCUT2D eigenvalue weighted by molar-refractivity contribution is 7.19. The van der Waals surface area contributed by atoms with Gasteiger partial charge in [0.25, 0.3) is 0 Å². The van der Waals surface area contributed by atoms with Gasteiger partial charge in [0, 0.05) is 15.1 Å². The van der Waals surface area contributed by atoms with Gasteiger partial charge in [-0.25, -0.2) is 18.6 Å². The molecule has 21 heavy (non-hydrogen) atoms. The highest BCUT2D eigenvalue weighted by atomic mass is 32.1. The first kappa shape index (κ1) is 14.1. The fourth-order valence-electron chi connectivity index (χ4n) is 2.25. The highest BCUT2D eigenvalue weighted by Gasteiger charge is 2.21. The molecule has 1 atom stereocenters. The van der Waals surface area contributed by atoms with E-state index >= 15 is 0 Å². The van der Waals surface area contributed by atoms with Crippen LogP contribution in [0.2, 0.25) is 0 Å². The summed E-state index contributed by atoms with van der Waals surface area (Å²) in [5.74, 6) is 3.28. The van der Waals surface area contributed by atoms with Crippen LogP contribution in [0.1, 0.15) is 16.5 Å². The zero-order valence-corrected chi connectivity index (χ0v) is 11.6. The number of halogens is 3. The summed E-state index contributed by atoms with van der Waals surface area (Å²) in [4.78, 5) is 0.683. The maximum absolute atomic E-state index is 13.9. The second kappa shape index (κ2) is 5.48. The lowest BCUT2D eigenvalue weighted by Crippen LogP contribution is -2.29. The van der Waals surface area contributed by atoms with Gasteiger partial charge in [-0.05, 0) is 35.7 Å². The molecule has 0 saturated heterocycles. The van der Waals surface area contributed by atoms with Crippen molar-refractivity contribution in [3.8, 4) is 0 Å². The van der Waals surface area contributed by atoms with Gasteiger partial charge in [0.15, 0.2) is 11.6 Å². The molecule has 2 nitrogen and oxygen atoms in total. The molecule has 0 amide bonds. The van der Waals surface area contributed by atoms with Crippen LogP contribution in [0.5, 0.6) is 0 Å². The van der Waals surface area contributed by atoms with Crippen LogP contribution in [0.4, 0.5) is 13.2 Å². The fraction of sp³-hybridized carbons (Fsp3) is 0.0667. The summed E-state index contributed by atoms with van der Waals surface area (Å²) in [5, 5.41) is 0.701. The van der Waals surface area contributed by atoms with Crippen LogP contribution in [-0.2, 0) is 0 Å². The van der Waals surface area contributed by atoms with E-state index < -0.39 is 17.7 Å². The van der Waals surface area contributed by atoms with Crippen molar-refractivity contribution < 1.29 is 13.2 Å². The van der Waals surface area contributed by atoms with E-state index in [2.05, 4.69) is 5.43 Å². The minimum absolute atomic E-state index is 0.115. The van der Waals surface area contributed by atoms with Crippen molar-refractivity contribution in [3.05, 3.63) is 70.4 Å². The normalized spacial score (nSPS) is 12.8. The van der Waals surface area contributed by atoms with Crippen LogP contribution >= 0.6 is 11.3 Å². The summed E-state index contributed by atoms with van der Waals surface area (Å²) in [5.41, 5.74) is 2.60. The van der Waals surface area contributed by atoms with Gasteiger partial charge in [-0.3, -0.25) is 5.84 Å². The Morgan fingerprint density at radius 1 is 1.05 bits per heavy atom. The Labute approximate surface area is 123 Å². The Kier molecular flexibility index (Phi) is 3.67. The van der Waals surface area contributed by atoms with Crippen LogP contribution in [0.3, 0.4) is 0 Å². The quantitative estimate of drug-likeness (QED) is 0.569. The SMILES string of the molecule is NNC(c1cc2cc(F)ccc2s1)c1cccc(F)c1F. The van der Waals surface area contributed by atoms with E-state index in [0.717, 1.165) is 10.8 Å². The maximum atomic E-state index is 13.9. The molecule has 0 aliphatic rings. The molecule has 0 aliphatic heterocycles. The third kappa shape index (κ3) is 2.53. The van der Waals surface area contributed by atoms with E-state index in [0.29, 0.717) is 10.3 Å². The molecule has 0 radical (unpaired) electrons. The number of fused-ring (bicyclic) bond motifs is 1. The Morgan fingerprint density at radius 3 is 2.62 bits per heavy atom. The van der Waals surface area contributed by atoms with Crippen LogP contribution in [0.25, 0.3) is 10.1 Å². The number of benzene rings is 2. The second-order valence-electron chi connectivity index (χ2n) is 4.57. The molecule has 1 heterocycles. The fourth-order valence-corrected chi connectivity index (χ4v) is 3.37. The molecular weight excluding hydrogens is 297 g/mol. The molecule has 3 aromatic rings. The maximum Gasteiger partial charge on any atom is 0.164 e.